The Kier molecular flexibility index (Phi) is 6.52. The number of imide groups is 1. The Balaban J connectivity index is 1.61. The molecule has 0 saturated heterocycles. The zero-order valence-electron chi connectivity index (χ0n) is 16.3. The predicted octanol–water partition coefficient (Wildman–Crippen LogP) is 3.09. The molecule has 1 aliphatic rings. The maximum atomic E-state index is 12.5. The number of halogens is 1. The average molecular weight is 429 g/mol. The molecule has 0 bridgehead atoms. The van der Waals surface area contributed by atoms with Gasteiger partial charge in [0.25, 0.3) is 11.8 Å². The molecule has 0 saturated carbocycles. The van der Waals surface area contributed by atoms with Crippen molar-refractivity contribution in [2.75, 3.05) is 6.54 Å². The van der Waals surface area contributed by atoms with Crippen LogP contribution >= 0.6 is 11.6 Å². The van der Waals surface area contributed by atoms with Gasteiger partial charge in [0, 0.05) is 29.9 Å². The molecule has 1 heterocycles. The lowest BCUT2D eigenvalue weighted by Crippen LogP contribution is -2.41. The van der Waals surface area contributed by atoms with Crippen LogP contribution < -0.4 is 5.32 Å². The van der Waals surface area contributed by atoms with Gasteiger partial charge in [-0.25, -0.2) is 0 Å². The number of amides is 3. The highest BCUT2D eigenvalue weighted by atomic mass is 35.5. The van der Waals surface area contributed by atoms with Crippen LogP contribution in [0.5, 0.6) is 0 Å². The molecular formula is C22H21ClN2O5. The van der Waals surface area contributed by atoms with Crippen molar-refractivity contribution in [2.45, 2.75) is 31.7 Å². The van der Waals surface area contributed by atoms with E-state index in [1.165, 1.54) is 0 Å². The lowest BCUT2D eigenvalue weighted by Gasteiger charge is -2.23. The van der Waals surface area contributed by atoms with E-state index in [0.29, 0.717) is 16.1 Å². The Labute approximate surface area is 178 Å². The van der Waals surface area contributed by atoms with E-state index in [1.807, 2.05) is 0 Å². The van der Waals surface area contributed by atoms with Crippen molar-refractivity contribution < 1.29 is 24.3 Å². The van der Waals surface area contributed by atoms with E-state index in [9.17, 15) is 24.3 Å². The Morgan fingerprint density at radius 2 is 1.57 bits per heavy atom. The first kappa shape index (κ1) is 21.5. The minimum atomic E-state index is -0.983. The fraction of sp³-hybridized carbons (Fsp3) is 0.273. The lowest BCUT2D eigenvalue weighted by atomic mass is 9.95. The van der Waals surface area contributed by atoms with Gasteiger partial charge in [-0.15, -0.1) is 0 Å². The summed E-state index contributed by atoms with van der Waals surface area (Å²) in [4.78, 5) is 49.8. The second-order valence-electron chi connectivity index (χ2n) is 7.23. The number of nitrogens with zero attached hydrogens (tertiary/aromatic N) is 1. The van der Waals surface area contributed by atoms with Crippen LogP contribution in [0.15, 0.2) is 48.5 Å². The summed E-state index contributed by atoms with van der Waals surface area (Å²) in [5, 5.41) is 12.4. The third-order valence-corrected chi connectivity index (χ3v) is 5.31. The van der Waals surface area contributed by atoms with Crippen LogP contribution in [0.4, 0.5) is 0 Å². The maximum Gasteiger partial charge on any atom is 0.304 e. The molecule has 7 nitrogen and oxygen atoms in total. The van der Waals surface area contributed by atoms with Gasteiger partial charge in [0.2, 0.25) is 5.91 Å². The van der Waals surface area contributed by atoms with Crippen molar-refractivity contribution in [3.05, 3.63) is 70.2 Å². The number of carbonyl (C=O) groups is 4. The molecule has 8 heteroatoms. The van der Waals surface area contributed by atoms with E-state index in [-0.39, 0.29) is 25.3 Å². The molecule has 2 aromatic rings. The van der Waals surface area contributed by atoms with Crippen LogP contribution in [0, 0.1) is 0 Å². The smallest absolute Gasteiger partial charge is 0.304 e. The summed E-state index contributed by atoms with van der Waals surface area (Å²) >= 11 is 5.88. The third kappa shape index (κ3) is 4.68. The van der Waals surface area contributed by atoms with Crippen LogP contribution in [0.2, 0.25) is 5.02 Å². The number of hydrogen-bond donors (Lipinski definition) is 2. The second kappa shape index (κ2) is 9.09. The van der Waals surface area contributed by atoms with E-state index >= 15 is 0 Å². The van der Waals surface area contributed by atoms with Crippen LogP contribution in [0.3, 0.4) is 0 Å². The van der Waals surface area contributed by atoms with Gasteiger partial charge in [0.15, 0.2) is 0 Å². The number of carboxylic acid groups (broad SMARTS) is 1. The van der Waals surface area contributed by atoms with Gasteiger partial charge in [-0.05, 0) is 36.8 Å². The summed E-state index contributed by atoms with van der Waals surface area (Å²) in [6.07, 6.45) is -0.234. The van der Waals surface area contributed by atoms with E-state index in [1.54, 1.807) is 55.5 Å². The van der Waals surface area contributed by atoms with Gasteiger partial charge < -0.3 is 10.4 Å². The van der Waals surface area contributed by atoms with Gasteiger partial charge in [-0.1, -0.05) is 35.9 Å². The highest BCUT2D eigenvalue weighted by Crippen LogP contribution is 2.25. The van der Waals surface area contributed by atoms with Gasteiger partial charge in [-0.3, -0.25) is 24.1 Å². The number of nitrogens with one attached hydrogen (secondary N) is 1. The number of benzene rings is 2. The van der Waals surface area contributed by atoms with Crippen molar-refractivity contribution >= 4 is 35.3 Å². The molecule has 1 aliphatic heterocycles. The Bertz CT molecular complexity index is 954. The minimum absolute atomic E-state index is 0.0775. The Hall–Kier alpha value is -3.19. The van der Waals surface area contributed by atoms with E-state index in [4.69, 9.17) is 11.6 Å². The molecule has 0 fully saturated rings. The monoisotopic (exact) mass is 428 g/mol. The van der Waals surface area contributed by atoms with Crippen molar-refractivity contribution in [3.63, 3.8) is 0 Å². The van der Waals surface area contributed by atoms with Gasteiger partial charge >= 0.3 is 5.97 Å². The molecule has 156 valence electrons. The normalized spacial score (nSPS) is 14.9. The molecule has 3 rings (SSSR count). The van der Waals surface area contributed by atoms with Crippen molar-refractivity contribution in [1.82, 2.24) is 10.2 Å². The summed E-state index contributed by atoms with van der Waals surface area (Å²) < 4.78 is 0. The van der Waals surface area contributed by atoms with E-state index in [0.717, 1.165) is 10.5 Å². The Morgan fingerprint density at radius 3 is 2.10 bits per heavy atom. The summed E-state index contributed by atoms with van der Waals surface area (Å²) in [5.41, 5.74) is 1.41. The highest BCUT2D eigenvalue weighted by Gasteiger charge is 2.38. The molecule has 30 heavy (non-hydrogen) atoms. The molecule has 2 aromatic carbocycles. The average Bonchev–Trinajstić information content (AvgIpc) is 2.96. The molecule has 2 atom stereocenters. The number of fused-ring (bicyclic) bond motifs is 1. The van der Waals surface area contributed by atoms with Crippen LogP contribution in [0.1, 0.15) is 52.0 Å². The fourth-order valence-electron chi connectivity index (χ4n) is 3.53. The molecule has 0 spiro atoms. The Morgan fingerprint density at radius 1 is 1.00 bits per heavy atom. The molecular weight excluding hydrogens is 408 g/mol. The first-order chi connectivity index (χ1) is 14.3. The van der Waals surface area contributed by atoms with Crippen molar-refractivity contribution in [3.8, 4) is 0 Å². The van der Waals surface area contributed by atoms with Gasteiger partial charge in [-0.2, -0.15) is 0 Å². The number of carbonyl (C=O) groups excluding carboxylic acids is 3. The number of aliphatic carboxylic acids is 1. The molecule has 2 unspecified atom stereocenters. The number of carboxylic acids is 1. The standard InChI is InChI=1S/C22H21ClN2O5/c1-13(25-21(29)17-4-2-3-5-18(17)22(25)30)10-19(26)24-12-15(11-20(27)28)14-6-8-16(23)9-7-14/h2-9,13,15H,10-12H2,1H3,(H,24,26)(H,27,28). The van der Waals surface area contributed by atoms with E-state index < -0.39 is 29.7 Å². The fourth-order valence-corrected chi connectivity index (χ4v) is 3.66. The molecule has 0 aromatic heterocycles. The topological polar surface area (TPSA) is 104 Å². The lowest BCUT2D eigenvalue weighted by molar-refractivity contribution is -0.137. The largest absolute Gasteiger partial charge is 0.481 e. The first-order valence-electron chi connectivity index (χ1n) is 9.48. The summed E-state index contributed by atoms with van der Waals surface area (Å²) in [6.45, 7) is 1.75. The number of hydrogen-bond acceptors (Lipinski definition) is 4. The maximum absolute atomic E-state index is 12.5. The van der Waals surface area contributed by atoms with E-state index in [2.05, 4.69) is 5.32 Å². The second-order valence-corrected chi connectivity index (χ2v) is 7.67. The molecule has 0 radical (unpaired) electrons. The predicted molar refractivity (Wildman–Crippen MR) is 110 cm³/mol. The zero-order valence-corrected chi connectivity index (χ0v) is 17.1. The highest BCUT2D eigenvalue weighted by molar-refractivity contribution is 6.30. The molecule has 3 amide bonds. The quantitative estimate of drug-likeness (QED) is 0.629. The summed E-state index contributed by atoms with van der Waals surface area (Å²) in [7, 11) is 0. The van der Waals surface area contributed by atoms with Crippen LogP contribution in [-0.4, -0.2) is 46.3 Å². The van der Waals surface area contributed by atoms with Gasteiger partial charge in [0.1, 0.15) is 0 Å². The summed E-state index contributed by atoms with van der Waals surface area (Å²) in [5.74, 6) is -2.62. The molecule has 2 N–H and O–H groups in total. The van der Waals surface area contributed by atoms with Crippen LogP contribution in [0.25, 0.3) is 0 Å². The van der Waals surface area contributed by atoms with Gasteiger partial charge in [0.05, 0.1) is 17.5 Å². The summed E-state index contributed by atoms with van der Waals surface area (Å²) in [6, 6.07) is 12.7. The van der Waals surface area contributed by atoms with Crippen molar-refractivity contribution in [2.24, 2.45) is 0 Å². The third-order valence-electron chi connectivity index (χ3n) is 5.06. The first-order valence-corrected chi connectivity index (χ1v) is 9.86. The van der Waals surface area contributed by atoms with Crippen LogP contribution in [-0.2, 0) is 9.59 Å². The SMILES string of the molecule is CC(CC(=O)NCC(CC(=O)O)c1ccc(Cl)cc1)N1C(=O)c2ccccc2C1=O. The minimum Gasteiger partial charge on any atom is -0.481 e. The number of rotatable bonds is 8. The zero-order chi connectivity index (χ0) is 21.8. The van der Waals surface area contributed by atoms with Crippen molar-refractivity contribution in [1.29, 1.82) is 0 Å². The molecule has 0 aliphatic carbocycles.